The van der Waals surface area contributed by atoms with Crippen LogP contribution in [-0.2, 0) is 11.9 Å². The van der Waals surface area contributed by atoms with Gasteiger partial charge in [-0.1, -0.05) is 34.1 Å². The van der Waals surface area contributed by atoms with Crippen LogP contribution in [0, 0.1) is 0 Å². The summed E-state index contributed by atoms with van der Waals surface area (Å²) in [5.74, 6) is 0.907. The minimum Gasteiger partial charge on any atom is -0.489 e. The minimum atomic E-state index is 0.524. The zero-order valence-electron chi connectivity index (χ0n) is 9.07. The first kappa shape index (κ1) is 12.6. The predicted octanol–water partition coefficient (Wildman–Crippen LogP) is 4.32. The van der Waals surface area contributed by atoms with E-state index in [0.717, 1.165) is 26.7 Å². The fourth-order valence-electron chi connectivity index (χ4n) is 1.45. The number of aromatic nitrogens is 1. The summed E-state index contributed by atoms with van der Waals surface area (Å²) in [6.07, 6.45) is 3.57. The highest BCUT2D eigenvalue weighted by atomic mass is 79.9. The third kappa shape index (κ3) is 3.54. The summed E-state index contributed by atoms with van der Waals surface area (Å²) in [7, 11) is 0. The van der Waals surface area contributed by atoms with Crippen molar-refractivity contribution in [3.05, 3.63) is 58.3 Å². The van der Waals surface area contributed by atoms with Crippen LogP contribution in [0.25, 0.3) is 0 Å². The minimum absolute atomic E-state index is 0.524. The summed E-state index contributed by atoms with van der Waals surface area (Å²) in [4.78, 5) is 4.10. The molecule has 2 nitrogen and oxygen atoms in total. The number of halogens is 2. The molecule has 0 aliphatic carbocycles. The third-order valence-electron chi connectivity index (χ3n) is 2.27. The first-order chi connectivity index (χ1) is 8.29. The quantitative estimate of drug-likeness (QED) is 0.761. The van der Waals surface area contributed by atoms with Crippen LogP contribution >= 0.6 is 31.9 Å². The van der Waals surface area contributed by atoms with Gasteiger partial charge in [0.15, 0.2) is 0 Å². The molecule has 88 valence electrons. The van der Waals surface area contributed by atoms with Gasteiger partial charge in [0, 0.05) is 33.3 Å². The molecule has 0 atom stereocenters. The Morgan fingerprint density at radius 2 is 2.00 bits per heavy atom. The number of ether oxygens (including phenoxy) is 1. The molecule has 2 aromatic rings. The van der Waals surface area contributed by atoms with Gasteiger partial charge >= 0.3 is 0 Å². The van der Waals surface area contributed by atoms with E-state index in [1.807, 2.05) is 36.5 Å². The van der Waals surface area contributed by atoms with Gasteiger partial charge in [0.2, 0.25) is 0 Å². The molecule has 0 N–H and O–H groups in total. The summed E-state index contributed by atoms with van der Waals surface area (Å²) in [5.41, 5.74) is 2.19. The SMILES string of the molecule is BrCc1ccccc1OCc1cncc(Br)c1. The first-order valence-electron chi connectivity index (χ1n) is 5.15. The van der Waals surface area contributed by atoms with Crippen molar-refractivity contribution in [3.63, 3.8) is 0 Å². The van der Waals surface area contributed by atoms with Crippen LogP contribution in [0.3, 0.4) is 0 Å². The Bertz CT molecular complexity index is 502. The number of para-hydroxylation sites is 1. The molecule has 0 saturated heterocycles. The summed E-state index contributed by atoms with van der Waals surface area (Å²) >= 11 is 6.84. The van der Waals surface area contributed by atoms with E-state index in [1.54, 1.807) is 6.20 Å². The van der Waals surface area contributed by atoms with Gasteiger partial charge in [-0.3, -0.25) is 4.98 Å². The summed E-state index contributed by atoms with van der Waals surface area (Å²) in [5, 5.41) is 0.792. The first-order valence-corrected chi connectivity index (χ1v) is 7.07. The molecular weight excluding hydrogens is 346 g/mol. The highest BCUT2D eigenvalue weighted by Crippen LogP contribution is 2.21. The fraction of sp³-hybridized carbons (Fsp3) is 0.154. The normalized spacial score (nSPS) is 10.2. The summed E-state index contributed by atoms with van der Waals surface area (Å²) in [6.45, 7) is 0.524. The number of benzene rings is 1. The van der Waals surface area contributed by atoms with Crippen LogP contribution in [0.2, 0.25) is 0 Å². The van der Waals surface area contributed by atoms with Gasteiger partial charge < -0.3 is 4.74 Å². The predicted molar refractivity (Wildman–Crippen MR) is 75.3 cm³/mol. The molecule has 0 unspecified atom stereocenters. The average Bonchev–Trinajstić information content (AvgIpc) is 2.37. The molecule has 1 aromatic heterocycles. The molecule has 0 saturated carbocycles. The van der Waals surface area contributed by atoms with Gasteiger partial charge in [-0.2, -0.15) is 0 Å². The Labute approximate surface area is 117 Å². The largest absolute Gasteiger partial charge is 0.489 e. The third-order valence-corrected chi connectivity index (χ3v) is 3.31. The van der Waals surface area contributed by atoms with Gasteiger partial charge in [0.1, 0.15) is 12.4 Å². The number of nitrogens with zero attached hydrogens (tertiary/aromatic N) is 1. The van der Waals surface area contributed by atoms with Crippen molar-refractivity contribution in [1.29, 1.82) is 0 Å². The second kappa shape index (κ2) is 6.17. The lowest BCUT2D eigenvalue weighted by Crippen LogP contribution is -1.98. The zero-order valence-corrected chi connectivity index (χ0v) is 12.2. The van der Waals surface area contributed by atoms with Crippen molar-refractivity contribution in [2.24, 2.45) is 0 Å². The smallest absolute Gasteiger partial charge is 0.123 e. The van der Waals surface area contributed by atoms with Gasteiger partial charge in [-0.15, -0.1) is 0 Å². The van der Waals surface area contributed by atoms with E-state index < -0.39 is 0 Å². The van der Waals surface area contributed by atoms with E-state index in [4.69, 9.17) is 4.74 Å². The van der Waals surface area contributed by atoms with Crippen LogP contribution in [0.15, 0.2) is 47.2 Å². The molecule has 0 aliphatic rings. The lowest BCUT2D eigenvalue weighted by atomic mass is 10.2. The van der Waals surface area contributed by atoms with E-state index in [9.17, 15) is 0 Å². The van der Waals surface area contributed by atoms with Crippen LogP contribution in [0.4, 0.5) is 0 Å². The van der Waals surface area contributed by atoms with Crippen LogP contribution in [-0.4, -0.2) is 4.98 Å². The summed E-state index contributed by atoms with van der Waals surface area (Å²) < 4.78 is 6.74. The fourth-order valence-corrected chi connectivity index (χ4v) is 2.33. The van der Waals surface area contributed by atoms with E-state index in [-0.39, 0.29) is 0 Å². The van der Waals surface area contributed by atoms with Crippen molar-refractivity contribution in [2.75, 3.05) is 0 Å². The molecule has 0 bridgehead atoms. The number of hydrogen-bond acceptors (Lipinski definition) is 2. The lowest BCUT2D eigenvalue weighted by molar-refractivity contribution is 0.303. The van der Waals surface area contributed by atoms with Crippen LogP contribution in [0.5, 0.6) is 5.75 Å². The molecule has 0 aliphatic heterocycles. The average molecular weight is 357 g/mol. The van der Waals surface area contributed by atoms with Crippen molar-refractivity contribution < 1.29 is 4.74 Å². The topological polar surface area (TPSA) is 22.1 Å². The van der Waals surface area contributed by atoms with E-state index >= 15 is 0 Å². The number of rotatable bonds is 4. The van der Waals surface area contributed by atoms with Crippen molar-refractivity contribution >= 4 is 31.9 Å². The highest BCUT2D eigenvalue weighted by molar-refractivity contribution is 9.10. The molecule has 4 heteroatoms. The van der Waals surface area contributed by atoms with E-state index in [0.29, 0.717) is 6.61 Å². The maximum absolute atomic E-state index is 5.78. The molecule has 0 fully saturated rings. The Balaban J connectivity index is 2.07. The molecular formula is C13H11Br2NO. The Kier molecular flexibility index (Phi) is 4.57. The van der Waals surface area contributed by atoms with Gasteiger partial charge in [0.05, 0.1) is 0 Å². The van der Waals surface area contributed by atoms with E-state index in [1.165, 1.54) is 0 Å². The van der Waals surface area contributed by atoms with Gasteiger partial charge in [-0.05, 0) is 28.1 Å². The van der Waals surface area contributed by atoms with Crippen LogP contribution < -0.4 is 4.74 Å². The van der Waals surface area contributed by atoms with Gasteiger partial charge in [-0.25, -0.2) is 0 Å². The van der Waals surface area contributed by atoms with Crippen molar-refractivity contribution in [2.45, 2.75) is 11.9 Å². The zero-order chi connectivity index (χ0) is 12.1. The molecule has 1 aromatic carbocycles. The maximum atomic E-state index is 5.78. The summed E-state index contributed by atoms with van der Waals surface area (Å²) in [6, 6.07) is 10.00. The number of alkyl halides is 1. The monoisotopic (exact) mass is 355 g/mol. The standard InChI is InChI=1S/C13H11Br2NO/c14-6-11-3-1-2-4-13(11)17-9-10-5-12(15)8-16-7-10/h1-5,7-8H,6,9H2. The molecule has 1 heterocycles. The highest BCUT2D eigenvalue weighted by Gasteiger charge is 2.02. The Morgan fingerprint density at radius 3 is 2.76 bits per heavy atom. The van der Waals surface area contributed by atoms with E-state index in [2.05, 4.69) is 36.8 Å². The molecule has 0 amide bonds. The van der Waals surface area contributed by atoms with Crippen molar-refractivity contribution in [3.8, 4) is 5.75 Å². The number of hydrogen-bond donors (Lipinski definition) is 0. The Morgan fingerprint density at radius 1 is 1.18 bits per heavy atom. The Hall–Kier alpha value is -0.870. The molecule has 0 radical (unpaired) electrons. The molecule has 17 heavy (non-hydrogen) atoms. The maximum Gasteiger partial charge on any atom is 0.123 e. The lowest BCUT2D eigenvalue weighted by Gasteiger charge is -2.09. The van der Waals surface area contributed by atoms with Crippen molar-refractivity contribution in [1.82, 2.24) is 4.98 Å². The van der Waals surface area contributed by atoms with Crippen LogP contribution in [0.1, 0.15) is 11.1 Å². The van der Waals surface area contributed by atoms with Gasteiger partial charge in [0.25, 0.3) is 0 Å². The second-order valence-electron chi connectivity index (χ2n) is 3.54. The number of pyridine rings is 1. The molecule has 2 rings (SSSR count). The molecule has 0 spiro atoms. The second-order valence-corrected chi connectivity index (χ2v) is 5.02.